The second-order valence-corrected chi connectivity index (χ2v) is 9.16. The van der Waals surface area contributed by atoms with Crippen molar-refractivity contribution in [1.29, 1.82) is 0 Å². The Morgan fingerprint density at radius 1 is 1.00 bits per heavy atom. The lowest BCUT2D eigenvalue weighted by atomic mass is 9.97. The zero-order valence-electron chi connectivity index (χ0n) is 19.8. The molecular formula is C27H21Cl2N5O4. The number of pyridine rings is 1. The lowest BCUT2D eigenvalue weighted by Crippen LogP contribution is -2.61. The minimum atomic E-state index is -1.92. The van der Waals surface area contributed by atoms with Crippen LogP contribution in [0.4, 0.5) is 0 Å². The van der Waals surface area contributed by atoms with Gasteiger partial charge < -0.3 is 20.5 Å². The normalized spacial score (nSPS) is 14.4. The number of hydrogen-bond acceptors (Lipinski definition) is 6. The van der Waals surface area contributed by atoms with Crippen LogP contribution in [0.2, 0.25) is 10.0 Å². The molecule has 0 spiro atoms. The molecule has 38 heavy (non-hydrogen) atoms. The molecule has 0 saturated heterocycles. The number of nitrogens with zero attached hydrogens (tertiary/aromatic N) is 3. The van der Waals surface area contributed by atoms with E-state index in [0.29, 0.717) is 21.3 Å². The summed E-state index contributed by atoms with van der Waals surface area (Å²) >= 11 is 12.5. The van der Waals surface area contributed by atoms with Crippen LogP contribution in [0, 0.1) is 0 Å². The molecular weight excluding hydrogens is 529 g/mol. The van der Waals surface area contributed by atoms with Crippen LogP contribution in [-0.2, 0) is 20.7 Å². The SMILES string of the molecule is NC(=O)C1(C(Cc2ccccc2)NC(=O)c2cccnc2-n2ccc(-c3cccc(Cl)c3Cl)n2)OC=CO1. The number of carbonyl (C=O) groups excluding carboxylic acids is 2. The minimum absolute atomic E-state index is 0.197. The monoisotopic (exact) mass is 549 g/mol. The highest BCUT2D eigenvalue weighted by molar-refractivity contribution is 6.43. The number of aromatic nitrogens is 3. The molecule has 0 fully saturated rings. The molecule has 4 aromatic rings. The number of nitrogens with two attached hydrogens (primary N) is 1. The quantitative estimate of drug-likeness (QED) is 0.338. The van der Waals surface area contributed by atoms with Gasteiger partial charge >= 0.3 is 11.7 Å². The second kappa shape index (κ2) is 10.6. The highest BCUT2D eigenvalue weighted by Crippen LogP contribution is 2.33. The predicted molar refractivity (Wildman–Crippen MR) is 141 cm³/mol. The molecule has 1 aliphatic heterocycles. The first-order chi connectivity index (χ1) is 18.4. The van der Waals surface area contributed by atoms with Gasteiger partial charge in [-0.3, -0.25) is 9.59 Å². The molecule has 1 aliphatic rings. The van der Waals surface area contributed by atoms with Gasteiger partial charge in [-0.05, 0) is 29.8 Å². The molecule has 2 aromatic heterocycles. The molecule has 9 nitrogen and oxygen atoms in total. The average molecular weight is 550 g/mol. The molecule has 0 radical (unpaired) electrons. The Kier molecular flexibility index (Phi) is 7.04. The lowest BCUT2D eigenvalue weighted by molar-refractivity contribution is -0.182. The molecule has 3 heterocycles. The van der Waals surface area contributed by atoms with Crippen LogP contribution in [0.1, 0.15) is 15.9 Å². The topological polar surface area (TPSA) is 121 Å². The Hall–Kier alpha value is -4.34. The van der Waals surface area contributed by atoms with Gasteiger partial charge in [0.25, 0.3) is 5.91 Å². The van der Waals surface area contributed by atoms with E-state index < -0.39 is 23.6 Å². The molecule has 2 amide bonds. The van der Waals surface area contributed by atoms with Gasteiger partial charge in [-0.15, -0.1) is 0 Å². The minimum Gasteiger partial charge on any atom is -0.447 e. The largest absolute Gasteiger partial charge is 0.447 e. The van der Waals surface area contributed by atoms with Crippen molar-refractivity contribution in [3.8, 4) is 17.1 Å². The first kappa shape index (κ1) is 25.3. The maximum Gasteiger partial charge on any atom is 0.352 e. The van der Waals surface area contributed by atoms with Crippen molar-refractivity contribution in [2.45, 2.75) is 18.2 Å². The molecule has 0 bridgehead atoms. The van der Waals surface area contributed by atoms with Crippen molar-refractivity contribution in [2.24, 2.45) is 5.73 Å². The summed E-state index contributed by atoms with van der Waals surface area (Å²) < 4.78 is 12.5. The summed E-state index contributed by atoms with van der Waals surface area (Å²) in [5.74, 6) is -3.08. The summed E-state index contributed by atoms with van der Waals surface area (Å²) in [6.07, 6.45) is 5.84. The van der Waals surface area contributed by atoms with E-state index in [0.717, 1.165) is 5.56 Å². The molecule has 1 atom stereocenters. The maximum atomic E-state index is 13.6. The van der Waals surface area contributed by atoms with Crippen LogP contribution < -0.4 is 11.1 Å². The first-order valence-corrected chi connectivity index (χ1v) is 12.3. The van der Waals surface area contributed by atoms with E-state index in [-0.39, 0.29) is 17.8 Å². The smallest absolute Gasteiger partial charge is 0.352 e. The number of hydrogen-bond donors (Lipinski definition) is 2. The fourth-order valence-corrected chi connectivity index (χ4v) is 4.55. The van der Waals surface area contributed by atoms with Crippen molar-refractivity contribution in [3.63, 3.8) is 0 Å². The van der Waals surface area contributed by atoms with E-state index in [1.54, 1.807) is 48.8 Å². The van der Waals surface area contributed by atoms with Crippen LogP contribution in [-0.4, -0.2) is 38.4 Å². The average Bonchev–Trinajstić information content (AvgIpc) is 3.62. The van der Waals surface area contributed by atoms with E-state index in [4.69, 9.17) is 38.4 Å². The Morgan fingerprint density at radius 2 is 1.76 bits per heavy atom. The molecule has 11 heteroatoms. The van der Waals surface area contributed by atoms with E-state index in [2.05, 4.69) is 15.4 Å². The van der Waals surface area contributed by atoms with Gasteiger partial charge in [-0.2, -0.15) is 5.10 Å². The standard InChI is InChI=1S/C27H21Cl2N5O4/c28-20-10-4-8-18(23(20)29)21-11-13-34(33-21)24-19(9-5-12-31-24)25(35)32-22(16-17-6-2-1-3-7-17)27(26(30)36)37-14-15-38-27/h1-15,22H,16H2,(H2,30,36)(H,32,35). The summed E-state index contributed by atoms with van der Waals surface area (Å²) in [6, 6.07) is 18.5. The van der Waals surface area contributed by atoms with Crippen LogP contribution in [0.15, 0.2) is 91.6 Å². The first-order valence-electron chi connectivity index (χ1n) is 11.5. The molecule has 0 saturated carbocycles. The molecule has 1 unspecified atom stereocenters. The summed E-state index contributed by atoms with van der Waals surface area (Å²) in [7, 11) is 0. The van der Waals surface area contributed by atoms with Gasteiger partial charge in [0, 0.05) is 24.4 Å². The third kappa shape index (κ3) is 4.81. The lowest BCUT2D eigenvalue weighted by Gasteiger charge is -2.33. The fourth-order valence-electron chi connectivity index (χ4n) is 4.15. The molecule has 5 rings (SSSR count). The number of nitrogens with one attached hydrogen (secondary N) is 1. The number of rotatable bonds is 8. The van der Waals surface area contributed by atoms with E-state index >= 15 is 0 Å². The van der Waals surface area contributed by atoms with Gasteiger partial charge in [0.15, 0.2) is 5.82 Å². The van der Waals surface area contributed by atoms with Crippen LogP contribution in [0.3, 0.4) is 0 Å². The summed E-state index contributed by atoms with van der Waals surface area (Å²) in [5.41, 5.74) is 7.88. The molecule has 2 aromatic carbocycles. The Labute approximate surface area is 227 Å². The predicted octanol–water partition coefficient (Wildman–Crippen LogP) is 4.28. The molecule has 3 N–H and O–H groups in total. The van der Waals surface area contributed by atoms with Crippen molar-refractivity contribution < 1.29 is 19.1 Å². The van der Waals surface area contributed by atoms with Crippen molar-refractivity contribution >= 4 is 35.0 Å². The van der Waals surface area contributed by atoms with E-state index in [1.807, 2.05) is 30.3 Å². The van der Waals surface area contributed by atoms with E-state index in [9.17, 15) is 9.59 Å². The summed E-state index contributed by atoms with van der Waals surface area (Å²) in [6.45, 7) is 0. The number of benzene rings is 2. The van der Waals surface area contributed by atoms with Crippen molar-refractivity contribution in [1.82, 2.24) is 20.1 Å². The zero-order chi connectivity index (χ0) is 26.7. The van der Waals surface area contributed by atoms with Gasteiger partial charge in [-0.1, -0.05) is 65.7 Å². The van der Waals surface area contributed by atoms with Gasteiger partial charge in [0.1, 0.15) is 18.6 Å². The van der Waals surface area contributed by atoms with Crippen molar-refractivity contribution in [2.75, 3.05) is 0 Å². The van der Waals surface area contributed by atoms with E-state index in [1.165, 1.54) is 17.2 Å². The Morgan fingerprint density at radius 3 is 2.50 bits per heavy atom. The number of halogens is 2. The molecule has 0 aliphatic carbocycles. The highest BCUT2D eigenvalue weighted by atomic mass is 35.5. The van der Waals surface area contributed by atoms with Crippen LogP contribution in [0.5, 0.6) is 0 Å². The number of carbonyl (C=O) groups is 2. The maximum absolute atomic E-state index is 13.6. The third-order valence-corrected chi connectivity index (χ3v) is 6.82. The van der Waals surface area contributed by atoms with Gasteiger partial charge in [0.05, 0.1) is 21.3 Å². The molecule has 192 valence electrons. The number of ether oxygens (including phenoxy) is 2. The Bertz CT molecular complexity index is 1510. The van der Waals surface area contributed by atoms with Crippen molar-refractivity contribution in [3.05, 3.63) is 113 Å². The van der Waals surface area contributed by atoms with Gasteiger partial charge in [0.2, 0.25) is 0 Å². The van der Waals surface area contributed by atoms with Crippen LogP contribution >= 0.6 is 23.2 Å². The fraction of sp³-hybridized carbons (Fsp3) is 0.111. The Balaban J connectivity index is 1.47. The number of primary amides is 1. The second-order valence-electron chi connectivity index (χ2n) is 8.38. The third-order valence-electron chi connectivity index (χ3n) is 6.00. The summed E-state index contributed by atoms with van der Waals surface area (Å²) in [5, 5.41) is 8.18. The summed E-state index contributed by atoms with van der Waals surface area (Å²) in [4.78, 5) is 30.5. The number of amides is 2. The van der Waals surface area contributed by atoms with Crippen LogP contribution in [0.25, 0.3) is 17.1 Å². The highest BCUT2D eigenvalue weighted by Gasteiger charge is 2.51. The zero-order valence-corrected chi connectivity index (χ0v) is 21.3. The van der Waals surface area contributed by atoms with Gasteiger partial charge in [-0.25, -0.2) is 9.67 Å².